The number of thiazole rings is 1. The zero-order valence-electron chi connectivity index (χ0n) is 11.4. The van der Waals surface area contributed by atoms with Crippen LogP contribution in [-0.4, -0.2) is 30.2 Å². The molecule has 0 fully saturated rings. The minimum Gasteiger partial charge on any atom is -0.480 e. The molecule has 0 saturated heterocycles. The van der Waals surface area contributed by atoms with Crippen molar-refractivity contribution in [3.8, 4) is 0 Å². The molecule has 2 N–H and O–H groups in total. The summed E-state index contributed by atoms with van der Waals surface area (Å²) < 4.78 is 0. The Hall–Kier alpha value is -1.92. The Bertz CT molecular complexity index is 569. The van der Waals surface area contributed by atoms with Crippen molar-refractivity contribution in [2.24, 2.45) is 0 Å². The van der Waals surface area contributed by atoms with E-state index in [1.165, 1.54) is 0 Å². The first-order valence-electron chi connectivity index (χ1n) is 6.21. The van der Waals surface area contributed by atoms with Gasteiger partial charge in [-0.25, -0.2) is 4.98 Å². The van der Waals surface area contributed by atoms with Gasteiger partial charge in [0.25, 0.3) is 0 Å². The van der Waals surface area contributed by atoms with Crippen LogP contribution in [0.4, 0.5) is 5.13 Å². The highest BCUT2D eigenvalue weighted by atomic mass is 32.1. The molecule has 1 atom stereocenters. The summed E-state index contributed by atoms with van der Waals surface area (Å²) in [5, 5.41) is 13.3. The standard InChI is InChI=1S/C14H17N3O2S/c1-17(2)14-16-9-11(20-14)8-15-12(13(18)19)10-6-4-3-5-7-10/h3-7,9,12,15H,8H2,1-2H3,(H,18,19)/t12-/m0/s1. The first-order valence-corrected chi connectivity index (χ1v) is 7.02. The van der Waals surface area contributed by atoms with E-state index in [0.29, 0.717) is 6.54 Å². The Kier molecular flexibility index (Phi) is 4.70. The average Bonchev–Trinajstić information content (AvgIpc) is 2.89. The molecule has 1 aromatic carbocycles. The molecule has 5 nitrogen and oxygen atoms in total. The summed E-state index contributed by atoms with van der Waals surface area (Å²) >= 11 is 1.55. The van der Waals surface area contributed by atoms with Crippen LogP contribution in [-0.2, 0) is 11.3 Å². The number of carboxylic acid groups (broad SMARTS) is 1. The minimum atomic E-state index is -0.881. The van der Waals surface area contributed by atoms with Crippen LogP contribution in [0, 0.1) is 0 Å². The molecule has 0 aliphatic rings. The number of benzene rings is 1. The monoisotopic (exact) mass is 291 g/mol. The highest BCUT2D eigenvalue weighted by molar-refractivity contribution is 7.15. The van der Waals surface area contributed by atoms with E-state index < -0.39 is 12.0 Å². The van der Waals surface area contributed by atoms with Crippen LogP contribution < -0.4 is 10.2 Å². The Morgan fingerprint density at radius 3 is 2.65 bits per heavy atom. The van der Waals surface area contributed by atoms with E-state index in [1.54, 1.807) is 17.5 Å². The van der Waals surface area contributed by atoms with Gasteiger partial charge in [-0.2, -0.15) is 0 Å². The highest BCUT2D eigenvalue weighted by Crippen LogP contribution is 2.21. The van der Waals surface area contributed by atoms with Crippen molar-refractivity contribution >= 4 is 22.4 Å². The normalized spacial score (nSPS) is 12.1. The van der Waals surface area contributed by atoms with Gasteiger partial charge in [-0.05, 0) is 5.56 Å². The Morgan fingerprint density at radius 2 is 2.10 bits per heavy atom. The van der Waals surface area contributed by atoms with Crippen LogP contribution in [0.2, 0.25) is 0 Å². The van der Waals surface area contributed by atoms with Crippen LogP contribution >= 0.6 is 11.3 Å². The Balaban J connectivity index is 2.04. The summed E-state index contributed by atoms with van der Waals surface area (Å²) in [5.74, 6) is -0.881. The number of aromatic nitrogens is 1. The lowest BCUT2D eigenvalue weighted by atomic mass is 10.1. The van der Waals surface area contributed by atoms with Crippen LogP contribution in [0.1, 0.15) is 16.5 Å². The molecule has 0 radical (unpaired) electrons. The molecule has 2 aromatic rings. The molecular formula is C14H17N3O2S. The minimum absolute atomic E-state index is 0.483. The number of nitrogens with one attached hydrogen (secondary N) is 1. The first kappa shape index (κ1) is 14.5. The van der Waals surface area contributed by atoms with E-state index in [1.807, 2.05) is 49.3 Å². The predicted molar refractivity (Wildman–Crippen MR) is 80.1 cm³/mol. The second-order valence-electron chi connectivity index (χ2n) is 4.57. The summed E-state index contributed by atoms with van der Waals surface area (Å²) in [5.41, 5.74) is 0.748. The maximum absolute atomic E-state index is 11.4. The van der Waals surface area contributed by atoms with E-state index >= 15 is 0 Å². The van der Waals surface area contributed by atoms with Gasteiger partial charge in [0.05, 0.1) is 0 Å². The van der Waals surface area contributed by atoms with Crippen LogP contribution in [0.15, 0.2) is 36.5 Å². The van der Waals surface area contributed by atoms with Crippen LogP contribution in [0.3, 0.4) is 0 Å². The molecule has 0 saturated carbocycles. The number of hydrogen-bond donors (Lipinski definition) is 2. The quantitative estimate of drug-likeness (QED) is 0.853. The van der Waals surface area contributed by atoms with E-state index in [2.05, 4.69) is 10.3 Å². The van der Waals surface area contributed by atoms with Crippen molar-refractivity contribution in [2.75, 3.05) is 19.0 Å². The largest absolute Gasteiger partial charge is 0.480 e. The zero-order chi connectivity index (χ0) is 14.5. The van der Waals surface area contributed by atoms with Crippen molar-refractivity contribution in [3.63, 3.8) is 0 Å². The van der Waals surface area contributed by atoms with Gasteiger partial charge >= 0.3 is 5.97 Å². The van der Waals surface area contributed by atoms with Gasteiger partial charge in [0.1, 0.15) is 6.04 Å². The SMILES string of the molecule is CN(C)c1ncc(CN[C@H](C(=O)O)c2ccccc2)s1. The van der Waals surface area contributed by atoms with E-state index in [-0.39, 0.29) is 0 Å². The number of carboxylic acids is 1. The lowest BCUT2D eigenvalue weighted by molar-refractivity contribution is -0.139. The van der Waals surface area contributed by atoms with Gasteiger partial charge in [0.2, 0.25) is 0 Å². The van der Waals surface area contributed by atoms with Crippen molar-refractivity contribution in [1.29, 1.82) is 0 Å². The third-order valence-electron chi connectivity index (χ3n) is 2.78. The number of hydrogen-bond acceptors (Lipinski definition) is 5. The average molecular weight is 291 g/mol. The van der Waals surface area contributed by atoms with Gasteiger partial charge in [0, 0.05) is 31.7 Å². The summed E-state index contributed by atoms with van der Waals surface area (Å²) in [7, 11) is 3.86. The predicted octanol–water partition coefficient (Wildman–Crippen LogP) is 2.12. The zero-order valence-corrected chi connectivity index (χ0v) is 12.2. The third kappa shape index (κ3) is 3.55. The second-order valence-corrected chi connectivity index (χ2v) is 5.66. The summed E-state index contributed by atoms with van der Waals surface area (Å²) in [6, 6.07) is 8.46. The Morgan fingerprint density at radius 1 is 1.40 bits per heavy atom. The molecule has 0 aliphatic heterocycles. The fourth-order valence-corrected chi connectivity index (χ4v) is 2.56. The lowest BCUT2D eigenvalue weighted by Crippen LogP contribution is -2.27. The fourth-order valence-electron chi connectivity index (χ4n) is 1.78. The van der Waals surface area contributed by atoms with E-state index in [4.69, 9.17) is 0 Å². The number of nitrogens with zero attached hydrogens (tertiary/aromatic N) is 2. The molecule has 106 valence electrons. The van der Waals surface area contributed by atoms with Gasteiger partial charge < -0.3 is 10.0 Å². The Labute approximate surface area is 121 Å². The number of rotatable bonds is 6. The smallest absolute Gasteiger partial charge is 0.325 e. The van der Waals surface area contributed by atoms with E-state index in [9.17, 15) is 9.90 Å². The van der Waals surface area contributed by atoms with Gasteiger partial charge in [-0.15, -0.1) is 11.3 Å². The van der Waals surface area contributed by atoms with Crippen LogP contribution in [0.25, 0.3) is 0 Å². The summed E-state index contributed by atoms with van der Waals surface area (Å²) in [6.07, 6.45) is 1.77. The molecule has 2 rings (SSSR count). The molecule has 0 bridgehead atoms. The van der Waals surface area contributed by atoms with Gasteiger partial charge in [0.15, 0.2) is 5.13 Å². The molecule has 6 heteroatoms. The van der Waals surface area contributed by atoms with Crippen molar-refractivity contribution in [1.82, 2.24) is 10.3 Å². The lowest BCUT2D eigenvalue weighted by Gasteiger charge is -2.14. The van der Waals surface area contributed by atoms with E-state index in [0.717, 1.165) is 15.6 Å². The molecule has 1 aromatic heterocycles. The summed E-state index contributed by atoms with van der Waals surface area (Å²) in [4.78, 5) is 18.6. The summed E-state index contributed by atoms with van der Waals surface area (Å²) in [6.45, 7) is 0.483. The fraction of sp³-hybridized carbons (Fsp3) is 0.286. The van der Waals surface area contributed by atoms with Crippen molar-refractivity contribution in [3.05, 3.63) is 47.0 Å². The second kappa shape index (κ2) is 6.49. The molecular weight excluding hydrogens is 274 g/mol. The third-order valence-corrected chi connectivity index (χ3v) is 3.95. The molecule has 0 spiro atoms. The van der Waals surface area contributed by atoms with Crippen molar-refractivity contribution in [2.45, 2.75) is 12.6 Å². The molecule has 20 heavy (non-hydrogen) atoms. The number of anilines is 1. The molecule has 0 unspecified atom stereocenters. The van der Waals surface area contributed by atoms with Crippen LogP contribution in [0.5, 0.6) is 0 Å². The maximum Gasteiger partial charge on any atom is 0.325 e. The molecule has 0 amide bonds. The maximum atomic E-state index is 11.4. The topological polar surface area (TPSA) is 65.5 Å². The number of aliphatic carboxylic acids is 1. The van der Waals surface area contributed by atoms with Gasteiger partial charge in [-0.1, -0.05) is 30.3 Å². The first-order chi connectivity index (χ1) is 9.58. The van der Waals surface area contributed by atoms with Gasteiger partial charge in [-0.3, -0.25) is 10.1 Å². The van der Waals surface area contributed by atoms with Crippen molar-refractivity contribution < 1.29 is 9.90 Å². The molecule has 0 aliphatic carbocycles. The number of carbonyl (C=O) groups is 1. The molecule has 1 heterocycles. The highest BCUT2D eigenvalue weighted by Gasteiger charge is 2.19.